The molecule has 0 radical (unpaired) electrons. The van der Waals surface area contributed by atoms with Crippen LogP contribution in [-0.2, 0) is 4.79 Å². The van der Waals surface area contributed by atoms with Gasteiger partial charge < -0.3 is 10.2 Å². The van der Waals surface area contributed by atoms with Crippen LogP contribution in [0.2, 0.25) is 5.15 Å². The summed E-state index contributed by atoms with van der Waals surface area (Å²) in [6.07, 6.45) is 3.01. The third-order valence-electron chi connectivity index (χ3n) is 3.51. The van der Waals surface area contributed by atoms with Crippen LogP contribution < -0.4 is 10.2 Å². The second-order valence-corrected chi connectivity index (χ2v) is 5.35. The van der Waals surface area contributed by atoms with Crippen LogP contribution in [0.4, 0.5) is 11.4 Å². The van der Waals surface area contributed by atoms with Gasteiger partial charge in [0.2, 0.25) is 5.91 Å². The molecule has 1 aliphatic rings. The van der Waals surface area contributed by atoms with Crippen molar-refractivity contribution in [3.8, 4) is 0 Å². The van der Waals surface area contributed by atoms with Crippen LogP contribution in [0.1, 0.15) is 23.2 Å². The molecule has 1 aliphatic heterocycles. The lowest BCUT2D eigenvalue weighted by Crippen LogP contribution is -2.23. The number of nitrogens with one attached hydrogen (secondary N) is 1. The minimum Gasteiger partial charge on any atom is -0.322 e. The molecule has 1 saturated heterocycles. The number of hydrogen-bond acceptors (Lipinski definition) is 3. The van der Waals surface area contributed by atoms with Gasteiger partial charge in [-0.15, -0.1) is 0 Å². The first-order valence-corrected chi connectivity index (χ1v) is 7.35. The Morgan fingerprint density at radius 3 is 2.64 bits per heavy atom. The lowest BCUT2D eigenvalue weighted by atomic mass is 10.2. The summed E-state index contributed by atoms with van der Waals surface area (Å²) in [4.78, 5) is 29.5. The van der Waals surface area contributed by atoms with E-state index in [0.717, 1.165) is 18.7 Å². The Balaban J connectivity index is 1.72. The molecule has 6 heteroatoms. The second kappa shape index (κ2) is 6.15. The van der Waals surface area contributed by atoms with Crippen molar-refractivity contribution < 1.29 is 9.59 Å². The van der Waals surface area contributed by atoms with E-state index in [1.165, 1.54) is 6.20 Å². The molecule has 1 fully saturated rings. The maximum Gasteiger partial charge on any atom is 0.258 e. The number of aromatic nitrogens is 1. The standard InChI is InChI=1S/C16H14ClN3O2/c17-15-13(3-1-9-18-15)16(22)19-11-5-7-12(8-6-11)20-10-2-4-14(20)21/h1,3,5-9H,2,4,10H2,(H,19,22). The molecule has 0 atom stereocenters. The van der Waals surface area contributed by atoms with E-state index in [9.17, 15) is 9.59 Å². The van der Waals surface area contributed by atoms with Crippen LogP contribution in [-0.4, -0.2) is 23.3 Å². The van der Waals surface area contributed by atoms with Crippen LogP contribution in [0.25, 0.3) is 0 Å². The fourth-order valence-corrected chi connectivity index (χ4v) is 2.60. The predicted octanol–water partition coefficient (Wildman–Crippen LogP) is 3.11. The zero-order chi connectivity index (χ0) is 15.5. The van der Waals surface area contributed by atoms with Crippen molar-refractivity contribution in [3.63, 3.8) is 0 Å². The van der Waals surface area contributed by atoms with Gasteiger partial charge in [-0.1, -0.05) is 11.6 Å². The summed E-state index contributed by atoms with van der Waals surface area (Å²) in [5.41, 5.74) is 1.81. The number of nitrogens with zero attached hydrogens (tertiary/aromatic N) is 2. The summed E-state index contributed by atoms with van der Waals surface area (Å²) in [6.45, 7) is 0.746. The number of benzene rings is 1. The van der Waals surface area contributed by atoms with E-state index >= 15 is 0 Å². The van der Waals surface area contributed by atoms with E-state index in [1.807, 2.05) is 12.1 Å². The minimum atomic E-state index is -0.317. The lowest BCUT2D eigenvalue weighted by Gasteiger charge is -2.16. The lowest BCUT2D eigenvalue weighted by molar-refractivity contribution is -0.117. The van der Waals surface area contributed by atoms with Gasteiger partial charge in [0, 0.05) is 30.5 Å². The van der Waals surface area contributed by atoms with E-state index in [4.69, 9.17) is 11.6 Å². The summed E-state index contributed by atoms with van der Waals surface area (Å²) in [5.74, 6) is -0.179. The fourth-order valence-electron chi connectivity index (χ4n) is 2.40. The maximum atomic E-state index is 12.1. The van der Waals surface area contributed by atoms with Crippen molar-refractivity contribution in [3.05, 3.63) is 53.3 Å². The summed E-state index contributed by atoms with van der Waals surface area (Å²) >= 11 is 5.90. The molecule has 1 N–H and O–H groups in total. The Morgan fingerprint density at radius 2 is 2.00 bits per heavy atom. The monoisotopic (exact) mass is 315 g/mol. The van der Waals surface area contributed by atoms with Crippen molar-refractivity contribution in [2.75, 3.05) is 16.8 Å². The summed E-state index contributed by atoms with van der Waals surface area (Å²) in [7, 11) is 0. The number of pyridine rings is 1. The third-order valence-corrected chi connectivity index (χ3v) is 3.82. The average Bonchev–Trinajstić information content (AvgIpc) is 2.94. The zero-order valence-electron chi connectivity index (χ0n) is 11.8. The smallest absolute Gasteiger partial charge is 0.258 e. The molecule has 1 aromatic heterocycles. The van der Waals surface area contributed by atoms with Gasteiger partial charge in [0.05, 0.1) is 5.56 Å². The summed E-state index contributed by atoms with van der Waals surface area (Å²) in [5, 5.41) is 2.93. The first kappa shape index (κ1) is 14.5. The highest BCUT2D eigenvalue weighted by Crippen LogP contribution is 2.23. The molecule has 5 nitrogen and oxygen atoms in total. The number of hydrogen-bond donors (Lipinski definition) is 1. The molecule has 3 rings (SSSR count). The number of anilines is 2. The largest absolute Gasteiger partial charge is 0.322 e. The van der Waals surface area contributed by atoms with E-state index < -0.39 is 0 Å². The van der Waals surface area contributed by atoms with Gasteiger partial charge in [-0.2, -0.15) is 0 Å². The highest BCUT2D eigenvalue weighted by Gasteiger charge is 2.21. The molecule has 0 bridgehead atoms. The van der Waals surface area contributed by atoms with Gasteiger partial charge in [0.15, 0.2) is 0 Å². The number of halogens is 1. The maximum absolute atomic E-state index is 12.1. The Morgan fingerprint density at radius 1 is 1.23 bits per heavy atom. The van der Waals surface area contributed by atoms with E-state index in [2.05, 4.69) is 10.3 Å². The van der Waals surface area contributed by atoms with Crippen LogP contribution in [0.3, 0.4) is 0 Å². The van der Waals surface area contributed by atoms with Gasteiger partial charge >= 0.3 is 0 Å². The first-order chi connectivity index (χ1) is 10.6. The molecular formula is C16H14ClN3O2. The summed E-state index contributed by atoms with van der Waals surface area (Å²) < 4.78 is 0. The number of carbonyl (C=O) groups excluding carboxylic acids is 2. The van der Waals surface area contributed by atoms with Crippen molar-refractivity contribution >= 4 is 34.8 Å². The number of rotatable bonds is 3. The van der Waals surface area contributed by atoms with Gasteiger partial charge in [-0.05, 0) is 42.8 Å². The molecule has 2 amide bonds. The first-order valence-electron chi connectivity index (χ1n) is 6.97. The molecule has 1 aromatic carbocycles. The fraction of sp³-hybridized carbons (Fsp3) is 0.188. The van der Waals surface area contributed by atoms with Crippen molar-refractivity contribution in [1.82, 2.24) is 4.98 Å². The molecular weight excluding hydrogens is 302 g/mol. The number of amides is 2. The van der Waals surface area contributed by atoms with E-state index in [1.54, 1.807) is 29.2 Å². The Labute approximate surface area is 132 Å². The van der Waals surface area contributed by atoms with Crippen molar-refractivity contribution in [2.24, 2.45) is 0 Å². The van der Waals surface area contributed by atoms with Crippen LogP contribution in [0, 0.1) is 0 Å². The van der Waals surface area contributed by atoms with Crippen molar-refractivity contribution in [1.29, 1.82) is 0 Å². The van der Waals surface area contributed by atoms with Gasteiger partial charge in [-0.25, -0.2) is 4.98 Å². The van der Waals surface area contributed by atoms with Crippen LogP contribution >= 0.6 is 11.6 Å². The van der Waals surface area contributed by atoms with Gasteiger partial charge in [0.25, 0.3) is 5.91 Å². The van der Waals surface area contributed by atoms with E-state index in [0.29, 0.717) is 17.7 Å². The molecule has 2 aromatic rings. The van der Waals surface area contributed by atoms with E-state index in [-0.39, 0.29) is 17.0 Å². The SMILES string of the molecule is O=C(Nc1ccc(N2CCCC2=O)cc1)c1cccnc1Cl. The molecule has 2 heterocycles. The Bertz CT molecular complexity index is 716. The molecule has 112 valence electrons. The van der Waals surface area contributed by atoms with Gasteiger partial charge in [0.1, 0.15) is 5.15 Å². The quantitative estimate of drug-likeness (QED) is 0.885. The van der Waals surface area contributed by atoms with Gasteiger partial charge in [-0.3, -0.25) is 9.59 Å². The molecule has 0 aliphatic carbocycles. The van der Waals surface area contributed by atoms with Crippen LogP contribution in [0.15, 0.2) is 42.6 Å². The molecule has 0 spiro atoms. The topological polar surface area (TPSA) is 62.3 Å². The molecule has 0 saturated carbocycles. The van der Waals surface area contributed by atoms with Crippen molar-refractivity contribution in [2.45, 2.75) is 12.8 Å². The highest BCUT2D eigenvalue weighted by molar-refractivity contribution is 6.33. The highest BCUT2D eigenvalue weighted by atomic mass is 35.5. The average molecular weight is 316 g/mol. The Kier molecular flexibility index (Phi) is 4.06. The second-order valence-electron chi connectivity index (χ2n) is 4.99. The normalized spacial score (nSPS) is 14.2. The third kappa shape index (κ3) is 2.94. The number of carbonyl (C=O) groups is 2. The molecule has 0 unspecified atom stereocenters. The predicted molar refractivity (Wildman–Crippen MR) is 85.2 cm³/mol. The molecule has 22 heavy (non-hydrogen) atoms. The zero-order valence-corrected chi connectivity index (χ0v) is 12.5. The summed E-state index contributed by atoms with van der Waals surface area (Å²) in [6, 6.07) is 10.4. The minimum absolute atomic E-state index is 0.138. The van der Waals surface area contributed by atoms with Crippen LogP contribution in [0.5, 0.6) is 0 Å². The Hall–Kier alpha value is -2.40.